The Morgan fingerprint density at radius 3 is 2.66 bits per heavy atom. The van der Waals surface area contributed by atoms with E-state index in [2.05, 4.69) is 30.3 Å². The number of hydrogen-bond acceptors (Lipinski definition) is 9. The number of unbranched alkanes of at least 4 members (excludes halogenated alkanes) is 5. The van der Waals surface area contributed by atoms with Crippen molar-refractivity contribution in [3.63, 3.8) is 0 Å². The van der Waals surface area contributed by atoms with Gasteiger partial charge in [-0.05, 0) is 44.5 Å². The van der Waals surface area contributed by atoms with E-state index in [1.165, 1.54) is 19.3 Å². The molecule has 2 fully saturated rings. The fraction of sp³-hybridized carbons (Fsp3) is 0.710. The van der Waals surface area contributed by atoms with Crippen LogP contribution in [0.3, 0.4) is 0 Å². The van der Waals surface area contributed by atoms with Crippen LogP contribution in [0.5, 0.6) is 11.5 Å². The minimum atomic E-state index is -1.64. The van der Waals surface area contributed by atoms with Gasteiger partial charge in [0.2, 0.25) is 6.29 Å². The van der Waals surface area contributed by atoms with Crippen molar-refractivity contribution in [2.24, 2.45) is 5.92 Å². The summed E-state index contributed by atoms with van der Waals surface area (Å²) in [5.74, 6) is 0.460. The van der Waals surface area contributed by atoms with Gasteiger partial charge in [-0.15, -0.1) is 0 Å². The van der Waals surface area contributed by atoms with Crippen molar-refractivity contribution < 1.29 is 39.4 Å². The quantitative estimate of drug-likeness (QED) is 0.206. The molecule has 3 aliphatic heterocycles. The fourth-order valence-electron chi connectivity index (χ4n) is 7.83. The van der Waals surface area contributed by atoms with Gasteiger partial charge in [0.1, 0.15) is 30.5 Å². The number of benzene rings is 1. The number of likely N-dealkylation sites (N-methyl/N-ethyl adjacent to an activating group) is 1. The molecule has 6 rings (SSSR count). The number of carbonyl (C=O) groups is 1. The van der Waals surface area contributed by atoms with Gasteiger partial charge in [-0.3, -0.25) is 4.79 Å². The summed E-state index contributed by atoms with van der Waals surface area (Å²) in [4.78, 5) is 15.3. The molecule has 2 aliphatic carbocycles. The summed E-state index contributed by atoms with van der Waals surface area (Å²) in [5, 5.41) is 45.7. The number of amides is 1. The summed E-state index contributed by atoms with van der Waals surface area (Å²) in [6, 6.07) is 4.07. The van der Waals surface area contributed by atoms with Crippen LogP contribution in [0.4, 0.5) is 0 Å². The van der Waals surface area contributed by atoms with Crippen molar-refractivity contribution in [2.75, 3.05) is 20.1 Å². The molecule has 3 heterocycles. The number of piperidine rings is 1. The van der Waals surface area contributed by atoms with Gasteiger partial charge in [-0.2, -0.15) is 0 Å². The van der Waals surface area contributed by atoms with Crippen LogP contribution in [0.1, 0.15) is 63.0 Å². The zero-order chi connectivity index (χ0) is 28.9. The number of nitrogens with zero attached hydrogens (tertiary/aromatic N) is 1. The number of nitrogens with one attached hydrogen (secondary N) is 1. The molecule has 10 atom stereocenters. The van der Waals surface area contributed by atoms with Crippen molar-refractivity contribution in [2.45, 2.75) is 113 Å². The third kappa shape index (κ3) is 4.77. The highest BCUT2D eigenvalue weighted by atomic mass is 16.7. The maximum absolute atomic E-state index is 12.9. The minimum absolute atomic E-state index is 0.187. The molecule has 2 saturated heterocycles. The third-order valence-corrected chi connectivity index (χ3v) is 10.0. The zero-order valence-electron chi connectivity index (χ0n) is 23.9. The number of aliphatic hydroxyl groups excluding tert-OH is 4. The summed E-state index contributed by atoms with van der Waals surface area (Å²) in [7, 11) is 2.15. The molecular formula is C31H44N2O8. The molecule has 5 aliphatic rings. The van der Waals surface area contributed by atoms with Gasteiger partial charge in [-0.1, -0.05) is 57.2 Å². The third-order valence-electron chi connectivity index (χ3n) is 10.0. The maximum atomic E-state index is 12.9. The van der Waals surface area contributed by atoms with Gasteiger partial charge in [-0.25, -0.2) is 0 Å². The molecule has 1 amide bonds. The topological polar surface area (TPSA) is 141 Å². The lowest BCUT2D eigenvalue weighted by Gasteiger charge is -2.56. The molecular weight excluding hydrogens is 528 g/mol. The van der Waals surface area contributed by atoms with E-state index in [1.54, 1.807) is 6.07 Å². The molecule has 226 valence electrons. The number of hydrogen-bond donors (Lipinski definition) is 5. The summed E-state index contributed by atoms with van der Waals surface area (Å²) in [5.41, 5.74) is 1.81. The lowest BCUT2D eigenvalue weighted by Crippen LogP contribution is -2.64. The highest BCUT2D eigenvalue weighted by Crippen LogP contribution is 2.62. The lowest BCUT2D eigenvalue weighted by atomic mass is 9.53. The molecule has 0 unspecified atom stereocenters. The molecule has 1 aromatic carbocycles. The number of rotatable bonds is 10. The highest BCUT2D eigenvalue weighted by Gasteiger charge is 2.64. The summed E-state index contributed by atoms with van der Waals surface area (Å²) in [6.45, 7) is 3.48. The predicted octanol–water partition coefficient (Wildman–Crippen LogP) is 1.16. The zero-order valence-corrected chi connectivity index (χ0v) is 23.9. The Morgan fingerprint density at radius 2 is 1.85 bits per heavy atom. The Bertz CT molecular complexity index is 1160. The molecule has 2 bridgehead atoms. The van der Waals surface area contributed by atoms with E-state index in [0.29, 0.717) is 24.1 Å². The van der Waals surface area contributed by atoms with Crippen LogP contribution >= 0.6 is 0 Å². The fourth-order valence-corrected chi connectivity index (χ4v) is 7.83. The van der Waals surface area contributed by atoms with Crippen molar-refractivity contribution in [1.82, 2.24) is 10.2 Å². The van der Waals surface area contributed by atoms with Crippen molar-refractivity contribution in [3.05, 3.63) is 35.4 Å². The van der Waals surface area contributed by atoms with Gasteiger partial charge in [0.05, 0.1) is 0 Å². The van der Waals surface area contributed by atoms with E-state index in [-0.39, 0.29) is 11.3 Å². The van der Waals surface area contributed by atoms with Crippen LogP contribution in [0, 0.1) is 5.92 Å². The van der Waals surface area contributed by atoms with E-state index >= 15 is 0 Å². The smallest absolute Gasteiger partial charge is 0.252 e. The van der Waals surface area contributed by atoms with Crippen molar-refractivity contribution >= 4 is 5.91 Å². The summed E-state index contributed by atoms with van der Waals surface area (Å²) < 4.78 is 18.4. The highest BCUT2D eigenvalue weighted by molar-refractivity contribution is 5.81. The number of likely N-dealkylation sites (tertiary alicyclic amines) is 1. The van der Waals surface area contributed by atoms with Gasteiger partial charge >= 0.3 is 0 Å². The second-order valence-corrected chi connectivity index (χ2v) is 12.5. The van der Waals surface area contributed by atoms with E-state index in [0.717, 1.165) is 49.8 Å². The predicted molar refractivity (Wildman–Crippen MR) is 150 cm³/mol. The average Bonchev–Trinajstić information content (AvgIpc) is 3.32. The second-order valence-electron chi connectivity index (χ2n) is 12.5. The van der Waals surface area contributed by atoms with Crippen LogP contribution in [0.2, 0.25) is 0 Å². The minimum Gasteiger partial charge on any atom is -0.482 e. The van der Waals surface area contributed by atoms with Gasteiger partial charge < -0.3 is 44.9 Å². The van der Waals surface area contributed by atoms with Crippen molar-refractivity contribution in [3.8, 4) is 11.5 Å². The molecule has 41 heavy (non-hydrogen) atoms. The van der Waals surface area contributed by atoms with Crippen LogP contribution in [-0.4, -0.2) is 100 Å². The maximum Gasteiger partial charge on any atom is 0.252 e. The second kappa shape index (κ2) is 11.5. The molecule has 1 spiro atoms. The Kier molecular flexibility index (Phi) is 8.08. The average molecular weight is 573 g/mol. The molecule has 10 nitrogen and oxygen atoms in total. The number of ether oxygens (including phenoxy) is 3. The Morgan fingerprint density at radius 1 is 1.07 bits per heavy atom. The Hall–Kier alpha value is -2.21. The first kappa shape index (κ1) is 28.9. The number of carbonyl (C=O) groups excluding carboxylic acids is 1. The first-order valence-electron chi connectivity index (χ1n) is 15.3. The largest absolute Gasteiger partial charge is 0.482 e. The first-order chi connectivity index (χ1) is 19.8. The Balaban J connectivity index is 1.20. The van der Waals surface area contributed by atoms with Crippen LogP contribution in [0.15, 0.2) is 24.3 Å². The van der Waals surface area contributed by atoms with E-state index in [4.69, 9.17) is 14.2 Å². The van der Waals surface area contributed by atoms with Gasteiger partial charge in [0.25, 0.3) is 5.91 Å². The van der Waals surface area contributed by atoms with Crippen molar-refractivity contribution in [1.29, 1.82) is 0 Å². The first-order valence-corrected chi connectivity index (χ1v) is 15.3. The monoisotopic (exact) mass is 572 g/mol. The molecule has 5 N–H and O–H groups in total. The van der Waals surface area contributed by atoms with Crippen LogP contribution < -0.4 is 14.8 Å². The number of aliphatic hydroxyl groups is 4. The van der Waals surface area contributed by atoms with Gasteiger partial charge in [0.15, 0.2) is 17.6 Å². The molecule has 10 heteroatoms. The van der Waals surface area contributed by atoms with E-state index < -0.39 is 48.8 Å². The van der Waals surface area contributed by atoms with Crippen LogP contribution in [0.25, 0.3) is 0 Å². The molecule has 0 radical (unpaired) electrons. The van der Waals surface area contributed by atoms with E-state index in [1.807, 2.05) is 12.1 Å². The Labute approximate surface area is 241 Å². The molecule has 0 saturated carbocycles. The van der Waals surface area contributed by atoms with E-state index in [9.17, 15) is 25.2 Å². The van der Waals surface area contributed by atoms with Crippen LogP contribution in [-0.2, 0) is 21.4 Å². The molecule has 0 aromatic heterocycles. The molecule has 1 aromatic rings. The van der Waals surface area contributed by atoms with Gasteiger partial charge in [0, 0.05) is 29.5 Å². The normalized spacial score (nSPS) is 38.7. The lowest BCUT2D eigenvalue weighted by molar-refractivity contribution is -0.267. The SMILES string of the molecule is CCCCCCCCNC(=O)[C@H]1O[C@@H](Oc2ccc3c4c2O[C@H]2[C@@H](O)C=C[C@H]5[C@@H](C3)N(C)CC[C@@]452)[C@H](O)[C@@H](O)[C@@H]1O. The summed E-state index contributed by atoms with van der Waals surface area (Å²) >= 11 is 0. The standard InChI is InChI=1S/C31H44N2O8/c1-3-4-5-6-7-8-14-32-29(38)27-24(36)23(35)25(37)30(41-27)39-21-12-9-17-16-19-18-10-11-20(34)28-31(18,13-15-33(19)2)22(17)26(21)40-28/h9-12,18-20,23-25,27-28,30,34-37H,3-8,13-16H2,1-2H3,(H,32,38)/t18-,19+,20-,23-,24-,25+,27-,28-,30+,31-/m0/s1. The summed E-state index contributed by atoms with van der Waals surface area (Å²) in [6.07, 6.45) is 3.19.